The summed E-state index contributed by atoms with van der Waals surface area (Å²) in [4.78, 5) is 7.45. The highest BCUT2D eigenvalue weighted by atomic mass is 19.1. The maximum atomic E-state index is 14.4. The van der Waals surface area contributed by atoms with Crippen LogP contribution in [0, 0.1) is 17.5 Å². The second-order valence-electron chi connectivity index (χ2n) is 5.73. The highest BCUT2D eigenvalue weighted by molar-refractivity contribution is 5.30. The molecule has 0 saturated heterocycles. The summed E-state index contributed by atoms with van der Waals surface area (Å²) in [6.07, 6.45) is 5.19. The van der Waals surface area contributed by atoms with Crippen LogP contribution in [0.3, 0.4) is 0 Å². The van der Waals surface area contributed by atoms with Gasteiger partial charge >= 0.3 is 0 Å². The molecule has 0 unspecified atom stereocenters. The summed E-state index contributed by atoms with van der Waals surface area (Å²) in [6, 6.07) is 4.49. The maximum Gasteiger partial charge on any atom is 0.163 e. The lowest BCUT2D eigenvalue weighted by Crippen LogP contribution is -2.39. The van der Waals surface area contributed by atoms with Crippen molar-refractivity contribution in [3.05, 3.63) is 77.9 Å². The van der Waals surface area contributed by atoms with Gasteiger partial charge in [0.25, 0.3) is 0 Å². The molecule has 1 N–H and O–H groups in total. The van der Waals surface area contributed by atoms with Gasteiger partial charge in [0.1, 0.15) is 23.6 Å². The van der Waals surface area contributed by atoms with Gasteiger partial charge in [0.15, 0.2) is 5.82 Å². The molecule has 2 atom stereocenters. The first-order valence-corrected chi connectivity index (χ1v) is 7.52. The van der Waals surface area contributed by atoms with Crippen LogP contribution in [0.25, 0.3) is 0 Å². The standard InChI is InChI=1S/C17H15F3N4O/c1-11(16-15(20)8-21-10-22-16)17(25,9-24-6-2-5-23-24)13-4-3-12(18)7-14(13)19/h2-8,10-11,25H,9H2,1H3/t11-,17+/m0/s1. The van der Waals surface area contributed by atoms with Crippen LogP contribution in [0.5, 0.6) is 0 Å². The van der Waals surface area contributed by atoms with E-state index in [4.69, 9.17) is 0 Å². The number of nitrogens with zero attached hydrogens (tertiary/aromatic N) is 4. The summed E-state index contributed by atoms with van der Waals surface area (Å²) in [6.45, 7) is 1.34. The highest BCUT2D eigenvalue weighted by Crippen LogP contribution is 2.39. The molecule has 0 saturated carbocycles. The van der Waals surface area contributed by atoms with Crippen LogP contribution in [0.15, 0.2) is 49.2 Å². The van der Waals surface area contributed by atoms with E-state index >= 15 is 0 Å². The predicted molar refractivity (Wildman–Crippen MR) is 82.9 cm³/mol. The van der Waals surface area contributed by atoms with Crippen LogP contribution in [0.4, 0.5) is 13.2 Å². The Bertz CT molecular complexity index is 872. The van der Waals surface area contributed by atoms with E-state index in [1.54, 1.807) is 12.3 Å². The zero-order valence-corrected chi connectivity index (χ0v) is 13.3. The van der Waals surface area contributed by atoms with Crippen molar-refractivity contribution in [3.8, 4) is 0 Å². The molecule has 0 amide bonds. The average molecular weight is 348 g/mol. The lowest BCUT2D eigenvalue weighted by molar-refractivity contribution is -0.0133. The Kier molecular flexibility index (Phi) is 4.54. The molecule has 0 aliphatic heterocycles. The smallest absolute Gasteiger partial charge is 0.163 e. The molecule has 0 aliphatic carbocycles. The molecule has 25 heavy (non-hydrogen) atoms. The number of hydrogen-bond acceptors (Lipinski definition) is 4. The lowest BCUT2D eigenvalue weighted by atomic mass is 9.79. The van der Waals surface area contributed by atoms with Crippen molar-refractivity contribution < 1.29 is 18.3 Å². The fourth-order valence-electron chi connectivity index (χ4n) is 2.80. The number of rotatable bonds is 5. The van der Waals surface area contributed by atoms with Crippen LogP contribution < -0.4 is 0 Å². The third-order valence-electron chi connectivity index (χ3n) is 4.18. The fourth-order valence-corrected chi connectivity index (χ4v) is 2.80. The maximum absolute atomic E-state index is 14.4. The van der Waals surface area contributed by atoms with Crippen molar-refractivity contribution in [1.29, 1.82) is 0 Å². The molecule has 2 heterocycles. The van der Waals surface area contributed by atoms with Gasteiger partial charge in [-0.2, -0.15) is 5.10 Å². The Labute approximate surface area is 141 Å². The van der Waals surface area contributed by atoms with Gasteiger partial charge in [-0.3, -0.25) is 4.68 Å². The number of aromatic nitrogens is 4. The molecule has 5 nitrogen and oxygen atoms in total. The van der Waals surface area contributed by atoms with Crippen molar-refractivity contribution in [3.63, 3.8) is 0 Å². The fraction of sp³-hybridized carbons (Fsp3) is 0.235. The highest BCUT2D eigenvalue weighted by Gasteiger charge is 2.41. The van der Waals surface area contributed by atoms with Gasteiger partial charge in [-0.25, -0.2) is 23.1 Å². The molecule has 0 aliphatic rings. The average Bonchev–Trinajstić information content (AvgIpc) is 3.07. The third kappa shape index (κ3) is 3.25. The van der Waals surface area contributed by atoms with Gasteiger partial charge in [0, 0.05) is 29.9 Å². The van der Waals surface area contributed by atoms with Crippen LogP contribution in [-0.4, -0.2) is 24.9 Å². The first-order valence-electron chi connectivity index (χ1n) is 7.52. The summed E-state index contributed by atoms with van der Waals surface area (Å²) in [5.41, 5.74) is -2.16. The van der Waals surface area contributed by atoms with Crippen molar-refractivity contribution in [2.75, 3.05) is 0 Å². The topological polar surface area (TPSA) is 63.8 Å². The molecular weight excluding hydrogens is 333 g/mol. The number of aliphatic hydroxyl groups is 1. The molecule has 1 aromatic carbocycles. The van der Waals surface area contributed by atoms with E-state index < -0.39 is 29.0 Å². The molecule has 130 valence electrons. The van der Waals surface area contributed by atoms with Crippen molar-refractivity contribution in [2.45, 2.75) is 25.0 Å². The summed E-state index contributed by atoms with van der Waals surface area (Å²) in [7, 11) is 0. The van der Waals surface area contributed by atoms with Gasteiger partial charge in [-0.05, 0) is 12.1 Å². The second-order valence-corrected chi connectivity index (χ2v) is 5.73. The third-order valence-corrected chi connectivity index (χ3v) is 4.18. The Morgan fingerprint density at radius 1 is 1.24 bits per heavy atom. The van der Waals surface area contributed by atoms with Crippen LogP contribution in [0.1, 0.15) is 24.1 Å². The minimum Gasteiger partial charge on any atom is -0.382 e. The summed E-state index contributed by atoms with van der Waals surface area (Å²) >= 11 is 0. The van der Waals surface area contributed by atoms with E-state index in [1.807, 2.05) is 0 Å². The van der Waals surface area contributed by atoms with Gasteiger partial charge < -0.3 is 5.11 Å². The van der Waals surface area contributed by atoms with Gasteiger partial charge in [0.2, 0.25) is 0 Å². The zero-order valence-electron chi connectivity index (χ0n) is 13.3. The van der Waals surface area contributed by atoms with Crippen molar-refractivity contribution >= 4 is 0 Å². The Balaban J connectivity index is 2.13. The number of hydrogen-bond donors (Lipinski definition) is 1. The van der Waals surface area contributed by atoms with E-state index in [9.17, 15) is 18.3 Å². The zero-order chi connectivity index (χ0) is 18.0. The quantitative estimate of drug-likeness (QED) is 0.770. The van der Waals surface area contributed by atoms with Gasteiger partial charge in [-0.1, -0.05) is 13.0 Å². The molecule has 2 aromatic heterocycles. The monoisotopic (exact) mass is 348 g/mol. The molecule has 0 spiro atoms. The summed E-state index contributed by atoms with van der Waals surface area (Å²) in [5.74, 6) is -3.39. The normalized spacial score (nSPS) is 14.9. The predicted octanol–water partition coefficient (Wildman–Crippen LogP) is 2.78. The lowest BCUT2D eigenvalue weighted by Gasteiger charge is -2.34. The molecule has 0 bridgehead atoms. The first-order chi connectivity index (χ1) is 11.9. The van der Waals surface area contributed by atoms with E-state index in [0.29, 0.717) is 6.07 Å². The van der Waals surface area contributed by atoms with Crippen molar-refractivity contribution in [1.82, 2.24) is 19.7 Å². The Morgan fingerprint density at radius 3 is 2.68 bits per heavy atom. The van der Waals surface area contributed by atoms with Crippen molar-refractivity contribution in [2.24, 2.45) is 0 Å². The summed E-state index contributed by atoms with van der Waals surface area (Å²) < 4.78 is 43.2. The number of benzene rings is 1. The largest absolute Gasteiger partial charge is 0.382 e. The molecule has 8 heteroatoms. The number of halogens is 3. The molecule has 0 fully saturated rings. The Morgan fingerprint density at radius 2 is 2.04 bits per heavy atom. The van der Waals surface area contributed by atoms with E-state index in [0.717, 1.165) is 24.7 Å². The molecule has 3 rings (SSSR count). The van der Waals surface area contributed by atoms with Crippen LogP contribution >= 0.6 is 0 Å². The molecule has 0 radical (unpaired) electrons. The SMILES string of the molecule is C[C@@H](c1ncncc1F)[C@](O)(Cn1cccn1)c1ccc(F)cc1F. The van der Waals surface area contributed by atoms with Crippen LogP contribution in [-0.2, 0) is 12.1 Å². The molecule has 3 aromatic rings. The Hall–Kier alpha value is -2.74. The minimum atomic E-state index is -1.92. The van der Waals surface area contributed by atoms with E-state index in [-0.39, 0.29) is 17.8 Å². The summed E-state index contributed by atoms with van der Waals surface area (Å²) in [5, 5.41) is 15.3. The first kappa shape index (κ1) is 17.1. The van der Waals surface area contributed by atoms with Gasteiger partial charge in [-0.15, -0.1) is 0 Å². The van der Waals surface area contributed by atoms with Crippen LogP contribution in [0.2, 0.25) is 0 Å². The molecular formula is C17H15F3N4O. The van der Waals surface area contributed by atoms with E-state index in [2.05, 4.69) is 15.1 Å². The second kappa shape index (κ2) is 6.64. The van der Waals surface area contributed by atoms with Gasteiger partial charge in [0.05, 0.1) is 18.4 Å². The minimum absolute atomic E-state index is 0.0756. The van der Waals surface area contributed by atoms with E-state index in [1.165, 1.54) is 17.8 Å².